The number of hydrogen-bond donors (Lipinski definition) is 0. The van der Waals surface area contributed by atoms with Crippen LogP contribution in [-0.2, 0) is 4.74 Å². The number of carbonyl (C=O) groups excluding carboxylic acids is 1. The van der Waals surface area contributed by atoms with Crippen LogP contribution in [0.15, 0.2) is 55.2 Å². The number of amides is 1. The van der Waals surface area contributed by atoms with Gasteiger partial charge in [-0.05, 0) is 17.7 Å². The summed E-state index contributed by atoms with van der Waals surface area (Å²) in [6.45, 7) is 7.06. The summed E-state index contributed by atoms with van der Waals surface area (Å²) >= 11 is 0. The van der Waals surface area contributed by atoms with E-state index in [1.807, 2.05) is 0 Å². The molecule has 6 nitrogen and oxygen atoms in total. The van der Waals surface area contributed by atoms with Gasteiger partial charge in [0.25, 0.3) is 0 Å². The Morgan fingerprint density at radius 2 is 2.18 bits per heavy atom. The lowest BCUT2D eigenvalue weighted by molar-refractivity contribution is -0.387. The molecule has 0 aliphatic rings. The monoisotopic (exact) mass is 306 g/mol. The molecule has 1 aromatic carbocycles. The third-order valence-corrected chi connectivity index (χ3v) is 2.74. The van der Waals surface area contributed by atoms with Crippen LogP contribution in [0.2, 0.25) is 0 Å². The summed E-state index contributed by atoms with van der Waals surface area (Å²) in [5.41, 5.74) is 0.0725. The van der Waals surface area contributed by atoms with Crippen LogP contribution < -0.4 is 4.90 Å². The Balaban J connectivity index is 2.85. The Morgan fingerprint density at radius 3 is 2.73 bits per heavy atom. The van der Waals surface area contributed by atoms with E-state index in [-0.39, 0.29) is 12.3 Å². The Morgan fingerprint density at radius 1 is 1.50 bits per heavy atom. The molecule has 116 valence electrons. The van der Waals surface area contributed by atoms with Crippen LogP contribution >= 0.6 is 0 Å². The van der Waals surface area contributed by atoms with Crippen LogP contribution in [0.1, 0.15) is 0 Å². The largest absolute Gasteiger partial charge is 0.444 e. The van der Waals surface area contributed by atoms with Gasteiger partial charge in [0.05, 0.1) is 10.6 Å². The van der Waals surface area contributed by atoms with Crippen LogP contribution in [0, 0.1) is 15.9 Å². The number of halogens is 1. The number of ether oxygens (including phenoxy) is 1. The van der Waals surface area contributed by atoms with Crippen molar-refractivity contribution in [2.45, 2.75) is 0 Å². The van der Waals surface area contributed by atoms with Gasteiger partial charge < -0.3 is 4.74 Å². The first-order valence-electron chi connectivity index (χ1n) is 6.19. The van der Waals surface area contributed by atoms with Crippen LogP contribution in [-0.4, -0.2) is 24.7 Å². The molecule has 0 saturated carbocycles. The summed E-state index contributed by atoms with van der Waals surface area (Å²) in [5.74, 6) is -0.974. The zero-order valence-electron chi connectivity index (χ0n) is 12.0. The summed E-state index contributed by atoms with van der Waals surface area (Å²) in [4.78, 5) is 22.8. The fourth-order valence-electron chi connectivity index (χ4n) is 1.52. The average Bonchev–Trinajstić information content (AvgIpc) is 2.50. The minimum Gasteiger partial charge on any atom is -0.444 e. The summed E-state index contributed by atoms with van der Waals surface area (Å²) in [6.07, 6.45) is 3.93. The molecule has 0 bridgehead atoms. The second kappa shape index (κ2) is 7.72. The third kappa shape index (κ3) is 4.27. The molecule has 0 N–H and O–H groups in total. The van der Waals surface area contributed by atoms with Crippen LogP contribution in [0.5, 0.6) is 0 Å². The van der Waals surface area contributed by atoms with Gasteiger partial charge in [0.1, 0.15) is 6.61 Å². The van der Waals surface area contributed by atoms with Gasteiger partial charge >= 0.3 is 11.8 Å². The highest BCUT2D eigenvalue weighted by Crippen LogP contribution is 2.24. The third-order valence-electron chi connectivity index (χ3n) is 2.74. The van der Waals surface area contributed by atoms with Crippen molar-refractivity contribution in [1.29, 1.82) is 0 Å². The summed E-state index contributed by atoms with van der Waals surface area (Å²) in [7, 11) is 1.37. The molecule has 0 spiro atoms. The first-order valence-corrected chi connectivity index (χ1v) is 6.19. The number of nitro groups is 1. The molecular weight excluding hydrogens is 291 g/mol. The number of carbonyl (C=O) groups is 1. The summed E-state index contributed by atoms with van der Waals surface area (Å²) in [6, 6.07) is 3.13. The van der Waals surface area contributed by atoms with Gasteiger partial charge in [0, 0.05) is 13.1 Å². The average molecular weight is 306 g/mol. The lowest BCUT2D eigenvalue weighted by atomic mass is 10.2. The number of nitrogens with zero attached hydrogens (tertiary/aromatic N) is 2. The van der Waals surface area contributed by atoms with Crippen LogP contribution in [0.3, 0.4) is 0 Å². The Kier molecular flexibility index (Phi) is 6.00. The van der Waals surface area contributed by atoms with E-state index in [1.54, 1.807) is 6.08 Å². The molecule has 0 heterocycles. The van der Waals surface area contributed by atoms with Crippen molar-refractivity contribution in [3.8, 4) is 0 Å². The molecule has 1 amide bonds. The molecule has 1 aromatic rings. The van der Waals surface area contributed by atoms with E-state index in [9.17, 15) is 19.3 Å². The molecule has 0 radical (unpaired) electrons. The number of hydrogen-bond acceptors (Lipinski definition) is 4. The second-order valence-corrected chi connectivity index (χ2v) is 4.19. The Labute approximate surface area is 127 Å². The molecule has 0 saturated heterocycles. The van der Waals surface area contributed by atoms with Gasteiger partial charge in [0.2, 0.25) is 5.82 Å². The molecule has 0 aliphatic carbocycles. The molecule has 0 aliphatic heterocycles. The fraction of sp³-hybridized carbons (Fsp3) is 0.133. The van der Waals surface area contributed by atoms with E-state index < -0.39 is 22.5 Å². The number of benzene rings is 1. The molecular formula is C15H15FN2O4. The summed E-state index contributed by atoms with van der Waals surface area (Å²) < 4.78 is 18.3. The van der Waals surface area contributed by atoms with Crippen molar-refractivity contribution >= 4 is 17.5 Å². The Bertz CT molecular complexity index is 640. The maximum atomic E-state index is 13.3. The quantitative estimate of drug-likeness (QED) is 0.457. The van der Waals surface area contributed by atoms with Crippen molar-refractivity contribution in [3.05, 3.63) is 71.1 Å². The predicted octanol–water partition coefficient (Wildman–Crippen LogP) is 3.61. The van der Waals surface area contributed by atoms with E-state index in [1.165, 1.54) is 25.3 Å². The zero-order valence-corrected chi connectivity index (χ0v) is 12.0. The molecule has 7 heteroatoms. The van der Waals surface area contributed by atoms with Crippen molar-refractivity contribution < 1.29 is 18.8 Å². The highest BCUT2D eigenvalue weighted by atomic mass is 19.1. The molecule has 1 rings (SSSR count). The lowest BCUT2D eigenvalue weighted by Gasteiger charge is -2.17. The molecule has 0 fully saturated rings. The molecule has 0 aromatic heterocycles. The van der Waals surface area contributed by atoms with Crippen molar-refractivity contribution in [3.63, 3.8) is 0 Å². The molecule has 0 atom stereocenters. The molecule has 0 unspecified atom stereocenters. The van der Waals surface area contributed by atoms with Crippen LogP contribution in [0.4, 0.5) is 20.6 Å². The normalized spacial score (nSPS) is 10.7. The minimum atomic E-state index is -0.974. The SMILES string of the molecule is C=C/C=C(\C=C)COC(=O)N(C)c1ccc(F)c([N+](=O)[O-])c1. The van der Waals surface area contributed by atoms with E-state index in [4.69, 9.17) is 4.74 Å². The lowest BCUT2D eigenvalue weighted by Crippen LogP contribution is -2.27. The van der Waals surface area contributed by atoms with Gasteiger partial charge in [-0.15, -0.1) is 0 Å². The van der Waals surface area contributed by atoms with Crippen LogP contribution in [0.25, 0.3) is 0 Å². The van der Waals surface area contributed by atoms with Gasteiger partial charge in [-0.25, -0.2) is 4.79 Å². The predicted molar refractivity (Wildman–Crippen MR) is 81.3 cm³/mol. The number of rotatable bonds is 6. The maximum absolute atomic E-state index is 13.3. The highest BCUT2D eigenvalue weighted by molar-refractivity contribution is 5.87. The smallest absolute Gasteiger partial charge is 0.414 e. The van der Waals surface area contributed by atoms with Crippen molar-refractivity contribution in [1.82, 2.24) is 0 Å². The number of nitro benzene ring substituents is 1. The minimum absolute atomic E-state index is 0.0258. The highest BCUT2D eigenvalue weighted by Gasteiger charge is 2.19. The standard InChI is InChI=1S/C15H15FN2O4/c1-4-6-11(5-2)10-22-15(19)17(3)12-7-8-13(16)14(9-12)18(20)21/h4-9H,1-2,10H2,3H3/b11-6+. The van der Waals surface area contributed by atoms with Gasteiger partial charge in [-0.3, -0.25) is 15.0 Å². The Hall–Kier alpha value is -2.96. The fourth-order valence-corrected chi connectivity index (χ4v) is 1.52. The first kappa shape index (κ1) is 17.1. The van der Waals surface area contributed by atoms with Crippen molar-refractivity contribution in [2.75, 3.05) is 18.6 Å². The topological polar surface area (TPSA) is 72.7 Å². The van der Waals surface area contributed by atoms with E-state index >= 15 is 0 Å². The van der Waals surface area contributed by atoms with E-state index in [0.29, 0.717) is 5.57 Å². The number of allylic oxidation sites excluding steroid dienone is 2. The maximum Gasteiger partial charge on any atom is 0.414 e. The van der Waals surface area contributed by atoms with Crippen molar-refractivity contribution in [2.24, 2.45) is 0 Å². The van der Waals surface area contributed by atoms with E-state index in [2.05, 4.69) is 13.2 Å². The summed E-state index contributed by atoms with van der Waals surface area (Å²) in [5, 5.41) is 10.7. The van der Waals surface area contributed by atoms with E-state index in [0.717, 1.165) is 17.0 Å². The second-order valence-electron chi connectivity index (χ2n) is 4.19. The zero-order chi connectivity index (χ0) is 16.7. The van der Waals surface area contributed by atoms with Gasteiger partial charge in [-0.1, -0.05) is 31.4 Å². The first-order chi connectivity index (χ1) is 10.4. The molecule has 22 heavy (non-hydrogen) atoms. The van der Waals surface area contributed by atoms with Gasteiger partial charge in [0.15, 0.2) is 0 Å². The van der Waals surface area contributed by atoms with Gasteiger partial charge in [-0.2, -0.15) is 4.39 Å². The number of anilines is 1.